The Bertz CT molecular complexity index is 615. The number of nitrogens with one attached hydrogen (secondary N) is 1. The molecule has 9 heteroatoms. The Labute approximate surface area is 146 Å². The number of nitrogens with zero attached hydrogens (tertiary/aromatic N) is 4. The minimum Gasteiger partial charge on any atom is -0.469 e. The standard InChI is InChI=1S/C16H25N5O4/c1-11(2)4-7-17-14-13(21(23)24)15(19-10-18-14)20-8-5-12(6-9-20)16(22)25-3/h10-12H,4-9H2,1-3H3,(H,17,18,19). The number of hydrogen-bond acceptors (Lipinski definition) is 8. The number of nitro groups is 1. The number of piperidine rings is 1. The molecule has 0 unspecified atom stereocenters. The normalized spacial score (nSPS) is 15.3. The molecule has 2 rings (SSSR count). The second-order valence-corrected chi connectivity index (χ2v) is 6.55. The molecule has 0 atom stereocenters. The first-order chi connectivity index (χ1) is 11.9. The molecule has 138 valence electrons. The van der Waals surface area contributed by atoms with Crippen LogP contribution in [0.15, 0.2) is 6.33 Å². The molecule has 9 nitrogen and oxygen atoms in total. The number of rotatable bonds is 7. The summed E-state index contributed by atoms with van der Waals surface area (Å²) in [6.45, 7) is 5.82. The Morgan fingerprint density at radius 1 is 1.44 bits per heavy atom. The van der Waals surface area contributed by atoms with E-state index in [0.29, 0.717) is 44.2 Å². The molecule has 0 aromatic carbocycles. The van der Waals surface area contributed by atoms with Gasteiger partial charge in [0.25, 0.3) is 0 Å². The van der Waals surface area contributed by atoms with E-state index in [9.17, 15) is 14.9 Å². The fourth-order valence-corrected chi connectivity index (χ4v) is 2.87. The second kappa shape index (κ2) is 8.59. The van der Waals surface area contributed by atoms with Crippen molar-refractivity contribution in [3.63, 3.8) is 0 Å². The Morgan fingerprint density at radius 3 is 2.68 bits per heavy atom. The van der Waals surface area contributed by atoms with E-state index in [4.69, 9.17) is 4.74 Å². The quantitative estimate of drug-likeness (QED) is 0.452. The summed E-state index contributed by atoms with van der Waals surface area (Å²) in [6.07, 6.45) is 3.40. The monoisotopic (exact) mass is 351 g/mol. The number of esters is 1. The first kappa shape index (κ1) is 18.9. The summed E-state index contributed by atoms with van der Waals surface area (Å²) in [5, 5.41) is 14.6. The van der Waals surface area contributed by atoms with Gasteiger partial charge in [-0.1, -0.05) is 13.8 Å². The third-order valence-corrected chi connectivity index (χ3v) is 4.33. The van der Waals surface area contributed by atoms with E-state index < -0.39 is 4.92 Å². The minimum atomic E-state index is -0.445. The van der Waals surface area contributed by atoms with Gasteiger partial charge in [0.2, 0.25) is 11.6 Å². The topological polar surface area (TPSA) is 110 Å². The highest BCUT2D eigenvalue weighted by atomic mass is 16.6. The number of hydrogen-bond donors (Lipinski definition) is 1. The Hall–Kier alpha value is -2.45. The van der Waals surface area contributed by atoms with E-state index >= 15 is 0 Å². The van der Waals surface area contributed by atoms with Gasteiger partial charge in [-0.25, -0.2) is 9.97 Å². The average molecular weight is 351 g/mol. The van der Waals surface area contributed by atoms with Gasteiger partial charge in [0, 0.05) is 19.6 Å². The zero-order valence-corrected chi connectivity index (χ0v) is 14.9. The van der Waals surface area contributed by atoms with Crippen molar-refractivity contribution < 1.29 is 14.5 Å². The molecule has 0 spiro atoms. The molecule has 0 bridgehead atoms. The van der Waals surface area contributed by atoms with Crippen molar-refractivity contribution in [3.05, 3.63) is 16.4 Å². The number of anilines is 2. The third kappa shape index (κ3) is 4.77. The average Bonchev–Trinajstić information content (AvgIpc) is 2.60. The number of carbonyl (C=O) groups is 1. The van der Waals surface area contributed by atoms with Gasteiger partial charge in [0.15, 0.2) is 0 Å². The van der Waals surface area contributed by atoms with E-state index in [2.05, 4.69) is 29.1 Å². The van der Waals surface area contributed by atoms with Crippen molar-refractivity contribution in [3.8, 4) is 0 Å². The molecule has 1 aliphatic heterocycles. The lowest BCUT2D eigenvalue weighted by Gasteiger charge is -2.31. The molecule has 0 amide bonds. The molecule has 1 saturated heterocycles. The van der Waals surface area contributed by atoms with Crippen molar-refractivity contribution >= 4 is 23.3 Å². The summed E-state index contributed by atoms with van der Waals surface area (Å²) < 4.78 is 4.77. The zero-order chi connectivity index (χ0) is 18.4. The van der Waals surface area contributed by atoms with Crippen molar-refractivity contribution in [1.82, 2.24) is 9.97 Å². The molecule has 0 saturated carbocycles. The molecular weight excluding hydrogens is 326 g/mol. The van der Waals surface area contributed by atoms with E-state index in [1.54, 1.807) is 0 Å². The number of methoxy groups -OCH3 is 1. The van der Waals surface area contributed by atoms with Crippen LogP contribution in [0.25, 0.3) is 0 Å². The fourth-order valence-electron chi connectivity index (χ4n) is 2.87. The van der Waals surface area contributed by atoms with Crippen molar-refractivity contribution in [2.75, 3.05) is 37.0 Å². The molecule has 1 aromatic rings. The number of aromatic nitrogens is 2. The molecule has 1 fully saturated rings. The minimum absolute atomic E-state index is 0.109. The highest BCUT2D eigenvalue weighted by molar-refractivity contribution is 5.74. The van der Waals surface area contributed by atoms with Gasteiger partial charge >= 0.3 is 11.7 Å². The second-order valence-electron chi connectivity index (χ2n) is 6.55. The van der Waals surface area contributed by atoms with Crippen LogP contribution in [0.1, 0.15) is 33.1 Å². The number of ether oxygens (including phenoxy) is 1. The summed E-state index contributed by atoms with van der Waals surface area (Å²) in [5.41, 5.74) is -0.109. The Kier molecular flexibility index (Phi) is 6.49. The summed E-state index contributed by atoms with van der Waals surface area (Å²) in [6, 6.07) is 0. The molecule has 1 aromatic heterocycles. The maximum atomic E-state index is 11.6. The van der Waals surface area contributed by atoms with Gasteiger partial charge in [0.05, 0.1) is 18.0 Å². The van der Waals surface area contributed by atoms with Crippen LogP contribution in [0.3, 0.4) is 0 Å². The van der Waals surface area contributed by atoms with E-state index in [-0.39, 0.29) is 23.4 Å². The van der Waals surface area contributed by atoms with Crippen LogP contribution in [0.5, 0.6) is 0 Å². The maximum absolute atomic E-state index is 11.6. The molecule has 0 aliphatic carbocycles. The fraction of sp³-hybridized carbons (Fsp3) is 0.688. The molecular formula is C16H25N5O4. The lowest BCUT2D eigenvalue weighted by Crippen LogP contribution is -2.37. The summed E-state index contributed by atoms with van der Waals surface area (Å²) >= 11 is 0. The predicted molar refractivity (Wildman–Crippen MR) is 93.6 cm³/mol. The van der Waals surface area contributed by atoms with Gasteiger partial charge in [0.1, 0.15) is 6.33 Å². The molecule has 1 aliphatic rings. The third-order valence-electron chi connectivity index (χ3n) is 4.33. The zero-order valence-electron chi connectivity index (χ0n) is 14.9. The van der Waals surface area contributed by atoms with Gasteiger partial charge in [-0.15, -0.1) is 0 Å². The first-order valence-corrected chi connectivity index (χ1v) is 8.50. The Morgan fingerprint density at radius 2 is 2.12 bits per heavy atom. The van der Waals surface area contributed by atoms with Crippen LogP contribution in [0.4, 0.5) is 17.3 Å². The van der Waals surface area contributed by atoms with Crippen LogP contribution in [0.2, 0.25) is 0 Å². The summed E-state index contributed by atoms with van der Waals surface area (Å²) in [7, 11) is 1.37. The van der Waals surface area contributed by atoms with Crippen molar-refractivity contribution in [2.24, 2.45) is 11.8 Å². The van der Waals surface area contributed by atoms with E-state index in [1.165, 1.54) is 13.4 Å². The van der Waals surface area contributed by atoms with Crippen LogP contribution in [-0.4, -0.2) is 47.6 Å². The molecule has 1 N–H and O–H groups in total. The first-order valence-electron chi connectivity index (χ1n) is 8.50. The summed E-state index contributed by atoms with van der Waals surface area (Å²) in [5.74, 6) is 0.643. The van der Waals surface area contributed by atoms with Crippen LogP contribution in [0, 0.1) is 22.0 Å². The highest BCUT2D eigenvalue weighted by Gasteiger charge is 2.31. The lowest BCUT2D eigenvalue weighted by atomic mass is 9.97. The molecule has 0 radical (unpaired) electrons. The smallest absolute Gasteiger partial charge is 0.353 e. The van der Waals surface area contributed by atoms with Gasteiger partial charge < -0.3 is 15.0 Å². The number of carbonyl (C=O) groups excluding carboxylic acids is 1. The van der Waals surface area contributed by atoms with Gasteiger partial charge in [-0.2, -0.15) is 0 Å². The predicted octanol–water partition coefficient (Wildman–Crippen LogP) is 2.23. The van der Waals surface area contributed by atoms with E-state index in [1.807, 2.05) is 4.90 Å². The summed E-state index contributed by atoms with van der Waals surface area (Å²) in [4.78, 5) is 32.8. The van der Waals surface area contributed by atoms with E-state index in [0.717, 1.165) is 6.42 Å². The van der Waals surface area contributed by atoms with Crippen molar-refractivity contribution in [1.29, 1.82) is 0 Å². The van der Waals surface area contributed by atoms with Crippen LogP contribution in [-0.2, 0) is 9.53 Å². The van der Waals surface area contributed by atoms with Crippen molar-refractivity contribution in [2.45, 2.75) is 33.1 Å². The molecule has 25 heavy (non-hydrogen) atoms. The Balaban J connectivity index is 2.15. The maximum Gasteiger partial charge on any atom is 0.353 e. The largest absolute Gasteiger partial charge is 0.469 e. The van der Waals surface area contributed by atoms with Crippen LogP contribution < -0.4 is 10.2 Å². The lowest BCUT2D eigenvalue weighted by molar-refractivity contribution is -0.383. The van der Waals surface area contributed by atoms with Gasteiger partial charge in [-0.3, -0.25) is 14.9 Å². The molecule has 2 heterocycles. The van der Waals surface area contributed by atoms with Crippen LogP contribution >= 0.6 is 0 Å². The SMILES string of the molecule is COC(=O)C1CCN(c2ncnc(NCCC(C)C)c2[N+](=O)[O-])CC1. The van der Waals surface area contributed by atoms with Gasteiger partial charge in [-0.05, 0) is 25.2 Å². The highest BCUT2D eigenvalue weighted by Crippen LogP contribution is 2.34.